The van der Waals surface area contributed by atoms with Crippen LogP contribution in [0.15, 0.2) is 24.3 Å². The Hall–Kier alpha value is -2.15. The van der Waals surface area contributed by atoms with E-state index in [1.165, 1.54) is 12.1 Å². The van der Waals surface area contributed by atoms with Crippen LogP contribution in [0.2, 0.25) is 0 Å². The molecule has 6 nitrogen and oxygen atoms in total. The van der Waals surface area contributed by atoms with Gasteiger partial charge in [0.05, 0.1) is 11.5 Å². The van der Waals surface area contributed by atoms with E-state index in [0.717, 1.165) is 13.1 Å². The van der Waals surface area contributed by atoms with E-state index in [2.05, 4.69) is 4.90 Å². The summed E-state index contributed by atoms with van der Waals surface area (Å²) in [6, 6.07) is 5.91. The average molecular weight is 350 g/mol. The zero-order chi connectivity index (χ0) is 18.0. The van der Waals surface area contributed by atoms with Gasteiger partial charge in [-0.25, -0.2) is 4.39 Å². The van der Waals surface area contributed by atoms with Crippen LogP contribution in [0.3, 0.4) is 0 Å². The maximum atomic E-state index is 12.9. The molecular weight excluding hydrogens is 327 g/mol. The highest BCUT2D eigenvalue weighted by Crippen LogP contribution is 2.42. The van der Waals surface area contributed by atoms with Crippen LogP contribution in [0, 0.1) is 11.7 Å². The predicted molar refractivity (Wildman–Crippen MR) is 88.8 cm³/mol. The SMILES string of the molecule is CN1C(=O)C[C@@H](C(=O)O)C12CCN(CCOc1ccc(F)cc1)CC2. The number of benzene rings is 1. The summed E-state index contributed by atoms with van der Waals surface area (Å²) >= 11 is 0. The number of carbonyl (C=O) groups is 2. The van der Waals surface area contributed by atoms with E-state index in [1.54, 1.807) is 24.1 Å². The molecule has 2 aliphatic rings. The highest BCUT2D eigenvalue weighted by Gasteiger charge is 2.55. The van der Waals surface area contributed by atoms with Crippen molar-refractivity contribution in [3.8, 4) is 5.75 Å². The van der Waals surface area contributed by atoms with E-state index >= 15 is 0 Å². The van der Waals surface area contributed by atoms with Gasteiger partial charge in [-0.15, -0.1) is 0 Å². The van der Waals surface area contributed by atoms with Crippen molar-refractivity contribution in [2.45, 2.75) is 24.8 Å². The van der Waals surface area contributed by atoms with Crippen molar-refractivity contribution < 1.29 is 23.8 Å². The van der Waals surface area contributed by atoms with Crippen LogP contribution < -0.4 is 4.74 Å². The number of rotatable bonds is 5. The van der Waals surface area contributed by atoms with Gasteiger partial charge < -0.3 is 14.7 Å². The van der Waals surface area contributed by atoms with E-state index in [4.69, 9.17) is 4.74 Å². The summed E-state index contributed by atoms with van der Waals surface area (Å²) in [5.41, 5.74) is -0.558. The van der Waals surface area contributed by atoms with Gasteiger partial charge in [0.2, 0.25) is 5.91 Å². The number of amides is 1. The van der Waals surface area contributed by atoms with Gasteiger partial charge in [0, 0.05) is 33.1 Å². The molecule has 2 aliphatic heterocycles. The smallest absolute Gasteiger partial charge is 0.309 e. The Morgan fingerprint density at radius 2 is 1.96 bits per heavy atom. The molecule has 0 aliphatic carbocycles. The van der Waals surface area contributed by atoms with Gasteiger partial charge in [0.25, 0.3) is 0 Å². The zero-order valence-electron chi connectivity index (χ0n) is 14.3. The number of ether oxygens (including phenoxy) is 1. The fourth-order valence-electron chi connectivity index (χ4n) is 3.97. The van der Waals surface area contributed by atoms with Crippen LogP contribution in [0.1, 0.15) is 19.3 Å². The second-order valence-corrected chi connectivity index (χ2v) is 6.80. The fourth-order valence-corrected chi connectivity index (χ4v) is 3.97. The summed E-state index contributed by atoms with van der Waals surface area (Å²) in [5.74, 6) is -1.26. The van der Waals surface area contributed by atoms with E-state index in [0.29, 0.717) is 31.7 Å². The molecule has 0 bridgehead atoms. The van der Waals surface area contributed by atoms with Crippen LogP contribution in [0.4, 0.5) is 4.39 Å². The van der Waals surface area contributed by atoms with Gasteiger partial charge in [-0.3, -0.25) is 14.5 Å². The first-order valence-corrected chi connectivity index (χ1v) is 8.52. The summed E-state index contributed by atoms with van der Waals surface area (Å²) in [4.78, 5) is 27.4. The highest BCUT2D eigenvalue weighted by atomic mass is 19.1. The summed E-state index contributed by atoms with van der Waals surface area (Å²) in [6.45, 7) is 2.65. The van der Waals surface area contributed by atoms with Crippen LogP contribution in [0.5, 0.6) is 5.75 Å². The number of piperidine rings is 1. The van der Waals surface area contributed by atoms with E-state index in [-0.39, 0.29) is 18.1 Å². The van der Waals surface area contributed by atoms with Crippen molar-refractivity contribution in [2.75, 3.05) is 33.3 Å². The topological polar surface area (TPSA) is 70.1 Å². The normalized spacial score (nSPS) is 23.2. The molecule has 0 radical (unpaired) electrons. The Morgan fingerprint density at radius 3 is 2.56 bits per heavy atom. The van der Waals surface area contributed by atoms with Crippen LogP contribution in [0.25, 0.3) is 0 Å². The number of nitrogens with zero attached hydrogens (tertiary/aromatic N) is 2. The molecular formula is C18H23FN2O4. The van der Waals surface area contributed by atoms with Crippen molar-refractivity contribution >= 4 is 11.9 Å². The number of hydrogen-bond acceptors (Lipinski definition) is 4. The summed E-state index contributed by atoms with van der Waals surface area (Å²) < 4.78 is 18.5. The van der Waals surface area contributed by atoms with Crippen molar-refractivity contribution in [1.82, 2.24) is 9.80 Å². The van der Waals surface area contributed by atoms with Gasteiger partial charge in [-0.1, -0.05) is 0 Å². The number of carbonyl (C=O) groups excluding carboxylic acids is 1. The number of likely N-dealkylation sites (tertiary alicyclic amines) is 2. The summed E-state index contributed by atoms with van der Waals surface area (Å²) in [6.07, 6.45) is 1.41. The molecule has 0 aromatic heterocycles. The standard InChI is InChI=1S/C18H23FN2O4/c1-20-16(22)12-15(17(23)24)18(20)6-8-21(9-7-18)10-11-25-14-4-2-13(19)3-5-14/h2-5,15H,6-12H2,1H3,(H,23,24)/t15-/m0/s1. The van der Waals surface area contributed by atoms with Crippen LogP contribution in [-0.2, 0) is 9.59 Å². The lowest BCUT2D eigenvalue weighted by molar-refractivity contribution is -0.146. The number of carboxylic acid groups (broad SMARTS) is 1. The maximum absolute atomic E-state index is 12.9. The minimum absolute atomic E-state index is 0.0829. The van der Waals surface area contributed by atoms with Gasteiger partial charge in [-0.2, -0.15) is 0 Å². The van der Waals surface area contributed by atoms with Crippen LogP contribution >= 0.6 is 0 Å². The van der Waals surface area contributed by atoms with E-state index in [1.807, 2.05) is 0 Å². The predicted octanol–water partition coefficient (Wildman–Crippen LogP) is 1.60. The molecule has 2 fully saturated rings. The molecule has 25 heavy (non-hydrogen) atoms. The van der Waals surface area contributed by atoms with Gasteiger partial charge in [0.15, 0.2) is 0 Å². The largest absolute Gasteiger partial charge is 0.492 e. The third-order valence-electron chi connectivity index (χ3n) is 5.58. The minimum atomic E-state index is -0.884. The lowest BCUT2D eigenvalue weighted by Gasteiger charge is -2.45. The molecule has 1 aromatic carbocycles. The molecule has 3 rings (SSSR count). The van der Waals surface area contributed by atoms with Gasteiger partial charge in [0.1, 0.15) is 18.2 Å². The van der Waals surface area contributed by atoms with Crippen molar-refractivity contribution in [3.05, 3.63) is 30.1 Å². The quantitative estimate of drug-likeness (QED) is 0.874. The van der Waals surface area contributed by atoms with Crippen LogP contribution in [-0.4, -0.2) is 65.6 Å². The number of hydrogen-bond donors (Lipinski definition) is 1. The van der Waals surface area contributed by atoms with Crippen molar-refractivity contribution in [3.63, 3.8) is 0 Å². The molecule has 1 spiro atoms. The number of carboxylic acids is 1. The number of aliphatic carboxylic acids is 1. The lowest BCUT2D eigenvalue weighted by Crippen LogP contribution is -2.56. The Bertz CT molecular complexity index is 641. The molecule has 1 atom stereocenters. The molecule has 1 N–H and O–H groups in total. The summed E-state index contributed by atoms with van der Waals surface area (Å²) in [5, 5.41) is 9.48. The molecule has 0 unspecified atom stereocenters. The molecule has 7 heteroatoms. The first-order chi connectivity index (χ1) is 11.9. The second kappa shape index (κ2) is 7.00. The van der Waals surface area contributed by atoms with Gasteiger partial charge in [-0.05, 0) is 37.1 Å². The monoisotopic (exact) mass is 350 g/mol. The Balaban J connectivity index is 1.52. The Labute approximate surface area is 146 Å². The highest BCUT2D eigenvalue weighted by molar-refractivity contribution is 5.88. The lowest BCUT2D eigenvalue weighted by atomic mass is 9.77. The fraction of sp³-hybridized carbons (Fsp3) is 0.556. The third kappa shape index (κ3) is 3.46. The molecule has 1 amide bonds. The number of halogens is 1. The molecule has 136 valence electrons. The Kier molecular flexibility index (Phi) is 4.94. The average Bonchev–Trinajstić information content (AvgIpc) is 2.84. The first-order valence-electron chi connectivity index (χ1n) is 8.52. The summed E-state index contributed by atoms with van der Waals surface area (Å²) in [7, 11) is 1.72. The minimum Gasteiger partial charge on any atom is -0.492 e. The maximum Gasteiger partial charge on any atom is 0.309 e. The van der Waals surface area contributed by atoms with E-state index in [9.17, 15) is 19.1 Å². The molecule has 1 aromatic rings. The zero-order valence-corrected chi connectivity index (χ0v) is 14.3. The third-order valence-corrected chi connectivity index (χ3v) is 5.58. The molecule has 2 saturated heterocycles. The van der Waals surface area contributed by atoms with Gasteiger partial charge >= 0.3 is 5.97 Å². The van der Waals surface area contributed by atoms with Crippen molar-refractivity contribution in [2.24, 2.45) is 5.92 Å². The van der Waals surface area contributed by atoms with Crippen molar-refractivity contribution in [1.29, 1.82) is 0 Å². The molecule has 0 saturated carbocycles. The second-order valence-electron chi connectivity index (χ2n) is 6.80. The molecule has 2 heterocycles. The Morgan fingerprint density at radius 1 is 1.32 bits per heavy atom. The first kappa shape index (κ1) is 17.7. The van der Waals surface area contributed by atoms with E-state index < -0.39 is 17.4 Å².